The minimum atomic E-state index is 0.188. The Balaban J connectivity index is 1.82. The van der Waals surface area contributed by atoms with Gasteiger partial charge in [-0.3, -0.25) is 14.7 Å². The van der Waals surface area contributed by atoms with Crippen molar-refractivity contribution < 1.29 is 4.79 Å². The van der Waals surface area contributed by atoms with Gasteiger partial charge in [-0.15, -0.1) is 0 Å². The molecule has 1 saturated heterocycles. The predicted octanol–water partition coefficient (Wildman–Crippen LogP) is 1.04. The van der Waals surface area contributed by atoms with E-state index in [1.165, 1.54) is 5.56 Å². The van der Waals surface area contributed by atoms with E-state index >= 15 is 0 Å². The van der Waals surface area contributed by atoms with Gasteiger partial charge >= 0.3 is 0 Å². The zero-order chi connectivity index (χ0) is 12.1. The maximum Gasteiger partial charge on any atom is 0.222 e. The highest BCUT2D eigenvalue weighted by Crippen LogP contribution is 2.18. The zero-order valence-electron chi connectivity index (χ0n) is 10.2. The lowest BCUT2D eigenvalue weighted by Crippen LogP contribution is -2.39. The molecule has 0 spiro atoms. The van der Waals surface area contributed by atoms with E-state index in [1.807, 2.05) is 24.5 Å². The summed E-state index contributed by atoms with van der Waals surface area (Å²) in [5.41, 5.74) is 1.29. The number of piperidine rings is 1. The van der Waals surface area contributed by atoms with Crippen LogP contribution < -0.4 is 5.32 Å². The Hall–Kier alpha value is -1.42. The summed E-state index contributed by atoms with van der Waals surface area (Å²) >= 11 is 0. The first-order valence-corrected chi connectivity index (χ1v) is 6.12. The fourth-order valence-corrected chi connectivity index (χ4v) is 2.30. The molecule has 1 aliphatic heterocycles. The highest BCUT2D eigenvalue weighted by Gasteiger charge is 2.23. The van der Waals surface area contributed by atoms with Crippen LogP contribution in [0.4, 0.5) is 0 Å². The smallest absolute Gasteiger partial charge is 0.222 e. The average Bonchev–Trinajstić information content (AvgIpc) is 2.40. The zero-order valence-corrected chi connectivity index (χ0v) is 10.2. The van der Waals surface area contributed by atoms with Gasteiger partial charge in [0.2, 0.25) is 5.91 Å². The van der Waals surface area contributed by atoms with E-state index in [0.717, 1.165) is 32.5 Å². The molecular weight excluding hydrogens is 214 g/mol. The van der Waals surface area contributed by atoms with E-state index in [2.05, 4.69) is 15.2 Å². The van der Waals surface area contributed by atoms with E-state index < -0.39 is 0 Å². The van der Waals surface area contributed by atoms with Gasteiger partial charge in [0.1, 0.15) is 0 Å². The van der Waals surface area contributed by atoms with Crippen LogP contribution in [0.2, 0.25) is 0 Å². The molecule has 0 unspecified atom stereocenters. The lowest BCUT2D eigenvalue weighted by atomic mass is 9.96. The summed E-state index contributed by atoms with van der Waals surface area (Å²) in [6.07, 6.45) is 5.58. The Morgan fingerprint density at radius 1 is 1.41 bits per heavy atom. The van der Waals surface area contributed by atoms with E-state index in [0.29, 0.717) is 0 Å². The number of amides is 1. The molecule has 17 heavy (non-hydrogen) atoms. The largest absolute Gasteiger partial charge is 0.359 e. The normalized spacial score (nSPS) is 17.9. The Labute approximate surface area is 102 Å². The van der Waals surface area contributed by atoms with Gasteiger partial charge in [-0.1, -0.05) is 0 Å². The van der Waals surface area contributed by atoms with Gasteiger partial charge in [0.25, 0.3) is 0 Å². The lowest BCUT2D eigenvalue weighted by molar-refractivity contribution is -0.125. The Morgan fingerprint density at radius 2 is 2.06 bits per heavy atom. The van der Waals surface area contributed by atoms with Gasteiger partial charge in [0.05, 0.1) is 0 Å². The van der Waals surface area contributed by atoms with Crippen LogP contribution in [0.15, 0.2) is 24.5 Å². The van der Waals surface area contributed by atoms with Crippen molar-refractivity contribution in [2.45, 2.75) is 19.4 Å². The molecule has 0 aliphatic carbocycles. The monoisotopic (exact) mass is 233 g/mol. The molecule has 2 heterocycles. The average molecular weight is 233 g/mol. The standard InChI is InChI=1S/C13H19N3O/c1-14-13(17)12-4-8-16(9-5-12)10-11-2-6-15-7-3-11/h2-3,6-7,12H,4-5,8-10H2,1H3,(H,14,17). The van der Waals surface area contributed by atoms with Gasteiger partial charge in [0, 0.05) is 31.9 Å². The van der Waals surface area contributed by atoms with Crippen LogP contribution in [0, 0.1) is 5.92 Å². The first kappa shape index (κ1) is 12.0. The van der Waals surface area contributed by atoms with Crippen LogP contribution in [0.25, 0.3) is 0 Å². The van der Waals surface area contributed by atoms with Gasteiger partial charge in [-0.2, -0.15) is 0 Å². The minimum Gasteiger partial charge on any atom is -0.359 e. The third kappa shape index (κ3) is 3.27. The van der Waals surface area contributed by atoms with Crippen molar-refractivity contribution in [3.63, 3.8) is 0 Å². The molecule has 4 nitrogen and oxygen atoms in total. The van der Waals surface area contributed by atoms with Crippen LogP contribution in [0.3, 0.4) is 0 Å². The van der Waals surface area contributed by atoms with Gasteiger partial charge < -0.3 is 5.32 Å². The number of nitrogens with one attached hydrogen (secondary N) is 1. The maximum atomic E-state index is 11.5. The number of nitrogens with zero attached hydrogens (tertiary/aromatic N) is 2. The van der Waals surface area contributed by atoms with Crippen LogP contribution in [-0.4, -0.2) is 35.9 Å². The third-order valence-corrected chi connectivity index (χ3v) is 3.36. The van der Waals surface area contributed by atoms with E-state index in [9.17, 15) is 4.79 Å². The van der Waals surface area contributed by atoms with Crippen LogP contribution >= 0.6 is 0 Å². The van der Waals surface area contributed by atoms with Crippen molar-refractivity contribution in [1.29, 1.82) is 0 Å². The highest BCUT2D eigenvalue weighted by molar-refractivity contribution is 5.78. The molecule has 1 fully saturated rings. The summed E-state index contributed by atoms with van der Waals surface area (Å²) in [5.74, 6) is 0.391. The molecular formula is C13H19N3O. The predicted molar refractivity (Wildman–Crippen MR) is 66.3 cm³/mol. The molecule has 1 amide bonds. The fourth-order valence-electron chi connectivity index (χ4n) is 2.30. The number of rotatable bonds is 3. The fraction of sp³-hybridized carbons (Fsp3) is 0.538. The molecule has 0 radical (unpaired) electrons. The maximum absolute atomic E-state index is 11.5. The summed E-state index contributed by atoms with van der Waals surface area (Å²) in [7, 11) is 1.71. The molecule has 0 saturated carbocycles. The minimum absolute atomic E-state index is 0.188. The molecule has 0 atom stereocenters. The molecule has 92 valence electrons. The summed E-state index contributed by atoms with van der Waals surface area (Å²) in [6.45, 7) is 2.96. The number of hydrogen-bond acceptors (Lipinski definition) is 3. The Morgan fingerprint density at radius 3 is 2.65 bits per heavy atom. The number of aromatic nitrogens is 1. The Kier molecular flexibility index (Phi) is 4.09. The second kappa shape index (κ2) is 5.77. The number of likely N-dealkylation sites (tertiary alicyclic amines) is 1. The second-order valence-electron chi connectivity index (χ2n) is 4.52. The lowest BCUT2D eigenvalue weighted by Gasteiger charge is -2.30. The number of carbonyl (C=O) groups excluding carboxylic acids is 1. The molecule has 2 rings (SSSR count). The molecule has 0 aromatic carbocycles. The van der Waals surface area contributed by atoms with Crippen molar-refractivity contribution in [3.8, 4) is 0 Å². The van der Waals surface area contributed by atoms with E-state index in [1.54, 1.807) is 7.05 Å². The molecule has 1 N–H and O–H groups in total. The quantitative estimate of drug-likeness (QED) is 0.848. The third-order valence-electron chi connectivity index (χ3n) is 3.36. The molecule has 1 aromatic heterocycles. The number of pyridine rings is 1. The van der Waals surface area contributed by atoms with Crippen molar-refractivity contribution in [3.05, 3.63) is 30.1 Å². The van der Waals surface area contributed by atoms with Gasteiger partial charge in [-0.05, 0) is 43.6 Å². The summed E-state index contributed by atoms with van der Waals surface area (Å²) in [4.78, 5) is 17.9. The summed E-state index contributed by atoms with van der Waals surface area (Å²) in [5, 5.41) is 2.73. The van der Waals surface area contributed by atoms with Crippen molar-refractivity contribution >= 4 is 5.91 Å². The van der Waals surface area contributed by atoms with Crippen molar-refractivity contribution in [2.24, 2.45) is 5.92 Å². The van der Waals surface area contributed by atoms with Crippen molar-refractivity contribution in [1.82, 2.24) is 15.2 Å². The SMILES string of the molecule is CNC(=O)C1CCN(Cc2ccncc2)CC1. The molecule has 1 aliphatic rings. The molecule has 0 bridgehead atoms. The molecule has 1 aromatic rings. The Bertz CT molecular complexity index is 358. The summed E-state index contributed by atoms with van der Waals surface area (Å²) < 4.78 is 0. The van der Waals surface area contributed by atoms with Gasteiger partial charge in [0.15, 0.2) is 0 Å². The number of carbonyl (C=O) groups is 1. The van der Waals surface area contributed by atoms with Crippen LogP contribution in [0.1, 0.15) is 18.4 Å². The van der Waals surface area contributed by atoms with E-state index in [-0.39, 0.29) is 11.8 Å². The summed E-state index contributed by atoms with van der Waals surface area (Å²) in [6, 6.07) is 4.09. The molecule has 4 heteroatoms. The topological polar surface area (TPSA) is 45.2 Å². The van der Waals surface area contributed by atoms with Crippen LogP contribution in [0.5, 0.6) is 0 Å². The first-order chi connectivity index (χ1) is 8.29. The van der Waals surface area contributed by atoms with Crippen LogP contribution in [-0.2, 0) is 11.3 Å². The highest BCUT2D eigenvalue weighted by atomic mass is 16.1. The van der Waals surface area contributed by atoms with Crippen molar-refractivity contribution in [2.75, 3.05) is 20.1 Å². The number of hydrogen-bond donors (Lipinski definition) is 1. The van der Waals surface area contributed by atoms with E-state index in [4.69, 9.17) is 0 Å². The second-order valence-corrected chi connectivity index (χ2v) is 4.52. The first-order valence-electron chi connectivity index (χ1n) is 6.12. The van der Waals surface area contributed by atoms with Gasteiger partial charge in [-0.25, -0.2) is 0 Å².